The standard InChI is InChI=1S/C8H10N2S2/c1-10-6-3-2-5(9)4-7(6)12-8(10)11/h2-4,8,11H,9H2,1H3. The molecular formula is C8H10N2S2. The van der Waals surface area contributed by atoms with Crippen LogP contribution in [0.2, 0.25) is 0 Å². The second-order valence-electron chi connectivity index (χ2n) is 2.78. The van der Waals surface area contributed by atoms with E-state index in [1.165, 1.54) is 10.6 Å². The van der Waals surface area contributed by atoms with Gasteiger partial charge in [-0.05, 0) is 18.2 Å². The molecule has 64 valence electrons. The van der Waals surface area contributed by atoms with Crippen LogP contribution in [0.25, 0.3) is 0 Å². The van der Waals surface area contributed by atoms with Crippen LogP contribution >= 0.6 is 24.4 Å². The van der Waals surface area contributed by atoms with Crippen LogP contribution in [0.5, 0.6) is 0 Å². The highest BCUT2D eigenvalue weighted by Crippen LogP contribution is 2.44. The van der Waals surface area contributed by atoms with E-state index in [0.29, 0.717) is 0 Å². The zero-order valence-corrected chi connectivity index (χ0v) is 8.40. The average molecular weight is 198 g/mol. The molecule has 0 fully saturated rings. The van der Waals surface area contributed by atoms with Crippen molar-refractivity contribution in [1.29, 1.82) is 0 Å². The van der Waals surface area contributed by atoms with Gasteiger partial charge in [0.15, 0.2) is 0 Å². The lowest BCUT2D eigenvalue weighted by Gasteiger charge is -2.15. The van der Waals surface area contributed by atoms with Crippen LogP contribution in [0.1, 0.15) is 0 Å². The van der Waals surface area contributed by atoms with Gasteiger partial charge in [0.25, 0.3) is 0 Å². The number of hydrogen-bond donors (Lipinski definition) is 2. The Morgan fingerprint density at radius 1 is 1.58 bits per heavy atom. The predicted molar refractivity (Wildman–Crippen MR) is 57.9 cm³/mol. The maximum absolute atomic E-state index is 5.66. The van der Waals surface area contributed by atoms with Gasteiger partial charge in [-0.3, -0.25) is 0 Å². The predicted octanol–water partition coefficient (Wildman–Crippen LogP) is 2.02. The van der Waals surface area contributed by atoms with E-state index in [4.69, 9.17) is 5.73 Å². The van der Waals surface area contributed by atoms with Gasteiger partial charge in [-0.1, -0.05) is 11.8 Å². The molecule has 1 heterocycles. The maximum Gasteiger partial charge on any atom is 0.123 e. The molecule has 4 heteroatoms. The van der Waals surface area contributed by atoms with Crippen molar-refractivity contribution in [2.75, 3.05) is 17.7 Å². The summed E-state index contributed by atoms with van der Waals surface area (Å²) in [6.45, 7) is 0. The Balaban J connectivity index is 2.47. The zero-order valence-electron chi connectivity index (χ0n) is 6.69. The van der Waals surface area contributed by atoms with E-state index in [1.807, 2.05) is 25.2 Å². The number of fused-ring (bicyclic) bond motifs is 1. The van der Waals surface area contributed by atoms with Crippen LogP contribution in [-0.2, 0) is 0 Å². The van der Waals surface area contributed by atoms with Crippen LogP contribution in [0.4, 0.5) is 11.4 Å². The molecule has 2 nitrogen and oxygen atoms in total. The number of rotatable bonds is 0. The lowest BCUT2D eigenvalue weighted by Crippen LogP contribution is -2.18. The minimum atomic E-state index is 0.224. The van der Waals surface area contributed by atoms with Crippen molar-refractivity contribution in [2.24, 2.45) is 0 Å². The molecule has 1 aromatic carbocycles. The van der Waals surface area contributed by atoms with Crippen molar-refractivity contribution in [1.82, 2.24) is 0 Å². The number of nitrogens with two attached hydrogens (primary N) is 1. The van der Waals surface area contributed by atoms with Crippen LogP contribution in [0, 0.1) is 0 Å². The number of thiol groups is 1. The molecule has 1 atom stereocenters. The van der Waals surface area contributed by atoms with Gasteiger partial charge in [0, 0.05) is 17.6 Å². The molecule has 1 aliphatic heterocycles. The zero-order chi connectivity index (χ0) is 8.72. The van der Waals surface area contributed by atoms with Crippen LogP contribution in [-0.4, -0.2) is 11.8 Å². The molecule has 2 rings (SSSR count). The number of thioether (sulfide) groups is 1. The first-order chi connectivity index (χ1) is 5.68. The van der Waals surface area contributed by atoms with Crippen LogP contribution in [0.15, 0.2) is 23.1 Å². The number of hydrogen-bond acceptors (Lipinski definition) is 4. The normalized spacial score (nSPS) is 21.2. The van der Waals surface area contributed by atoms with Crippen molar-refractivity contribution >= 4 is 35.8 Å². The third kappa shape index (κ3) is 1.15. The van der Waals surface area contributed by atoms with E-state index in [-0.39, 0.29) is 4.71 Å². The highest BCUT2D eigenvalue weighted by atomic mass is 32.2. The SMILES string of the molecule is CN1c2ccc(N)cc2SC1S. The first-order valence-electron chi connectivity index (χ1n) is 3.65. The van der Waals surface area contributed by atoms with E-state index in [1.54, 1.807) is 11.8 Å². The Hall–Kier alpha value is -0.480. The van der Waals surface area contributed by atoms with Gasteiger partial charge in [0.2, 0.25) is 0 Å². The lowest BCUT2D eigenvalue weighted by molar-refractivity contribution is 1.07. The summed E-state index contributed by atoms with van der Waals surface area (Å²) in [6.07, 6.45) is 0. The van der Waals surface area contributed by atoms with Gasteiger partial charge in [0.1, 0.15) is 4.71 Å². The summed E-state index contributed by atoms with van der Waals surface area (Å²) < 4.78 is 0.224. The van der Waals surface area contributed by atoms with Gasteiger partial charge in [0.05, 0.1) is 5.69 Å². The van der Waals surface area contributed by atoms with E-state index in [2.05, 4.69) is 17.5 Å². The van der Waals surface area contributed by atoms with E-state index in [0.717, 1.165) is 5.69 Å². The molecule has 1 aliphatic rings. The van der Waals surface area contributed by atoms with Gasteiger partial charge in [-0.25, -0.2) is 0 Å². The first kappa shape index (κ1) is 8.13. The van der Waals surface area contributed by atoms with Crippen LogP contribution in [0.3, 0.4) is 0 Å². The molecule has 1 aromatic rings. The summed E-state index contributed by atoms with van der Waals surface area (Å²) in [5.41, 5.74) is 7.70. The summed E-state index contributed by atoms with van der Waals surface area (Å²) in [7, 11) is 2.03. The summed E-state index contributed by atoms with van der Waals surface area (Å²) in [6, 6.07) is 5.95. The van der Waals surface area contributed by atoms with Crippen molar-refractivity contribution in [2.45, 2.75) is 9.60 Å². The van der Waals surface area contributed by atoms with E-state index < -0.39 is 0 Å². The largest absolute Gasteiger partial charge is 0.399 e. The van der Waals surface area contributed by atoms with Crippen molar-refractivity contribution in [3.8, 4) is 0 Å². The summed E-state index contributed by atoms with van der Waals surface area (Å²) in [5, 5.41) is 0. The quantitative estimate of drug-likeness (QED) is 0.494. The Morgan fingerprint density at radius 2 is 2.33 bits per heavy atom. The minimum Gasteiger partial charge on any atom is -0.399 e. The van der Waals surface area contributed by atoms with Crippen molar-refractivity contribution in [3.63, 3.8) is 0 Å². The molecule has 12 heavy (non-hydrogen) atoms. The Kier molecular flexibility index (Phi) is 1.88. The molecule has 0 aliphatic carbocycles. The van der Waals surface area contributed by atoms with Gasteiger partial charge in [-0.15, -0.1) is 12.6 Å². The minimum absolute atomic E-state index is 0.224. The second kappa shape index (κ2) is 2.78. The Morgan fingerprint density at radius 3 is 3.08 bits per heavy atom. The average Bonchev–Trinajstić information content (AvgIpc) is 2.28. The fourth-order valence-corrected chi connectivity index (χ4v) is 2.73. The number of anilines is 2. The third-order valence-electron chi connectivity index (χ3n) is 1.93. The highest BCUT2D eigenvalue weighted by molar-refractivity contribution is 8.10. The molecule has 0 radical (unpaired) electrons. The molecular weight excluding hydrogens is 188 g/mol. The first-order valence-corrected chi connectivity index (χ1v) is 5.05. The lowest BCUT2D eigenvalue weighted by atomic mass is 10.3. The van der Waals surface area contributed by atoms with Crippen molar-refractivity contribution in [3.05, 3.63) is 18.2 Å². The molecule has 0 saturated carbocycles. The summed E-state index contributed by atoms with van der Waals surface area (Å²) in [4.78, 5) is 3.35. The fraction of sp³-hybridized carbons (Fsp3) is 0.250. The van der Waals surface area contributed by atoms with Gasteiger partial charge >= 0.3 is 0 Å². The maximum atomic E-state index is 5.66. The highest BCUT2D eigenvalue weighted by Gasteiger charge is 2.23. The summed E-state index contributed by atoms with van der Waals surface area (Å²) >= 11 is 6.14. The number of nitrogens with zero attached hydrogens (tertiary/aromatic N) is 1. The summed E-state index contributed by atoms with van der Waals surface area (Å²) in [5.74, 6) is 0. The van der Waals surface area contributed by atoms with Crippen LogP contribution < -0.4 is 10.6 Å². The molecule has 0 aromatic heterocycles. The Labute approximate surface area is 81.5 Å². The number of nitrogen functional groups attached to an aromatic ring is 1. The molecule has 2 N–H and O–H groups in total. The van der Waals surface area contributed by atoms with Gasteiger partial charge in [-0.2, -0.15) is 0 Å². The second-order valence-corrected chi connectivity index (χ2v) is 4.74. The van der Waals surface area contributed by atoms with Crippen molar-refractivity contribution < 1.29 is 0 Å². The third-order valence-corrected chi connectivity index (χ3v) is 3.70. The molecule has 1 unspecified atom stereocenters. The number of benzene rings is 1. The molecule has 0 saturated heterocycles. The smallest absolute Gasteiger partial charge is 0.123 e. The molecule has 0 spiro atoms. The fourth-order valence-electron chi connectivity index (χ4n) is 1.23. The van der Waals surface area contributed by atoms with E-state index in [9.17, 15) is 0 Å². The van der Waals surface area contributed by atoms with E-state index >= 15 is 0 Å². The monoisotopic (exact) mass is 198 g/mol. The van der Waals surface area contributed by atoms with Gasteiger partial charge < -0.3 is 10.6 Å². The molecule has 0 amide bonds. The topological polar surface area (TPSA) is 29.3 Å². The Bertz CT molecular complexity index is 314. The molecule has 0 bridgehead atoms.